The van der Waals surface area contributed by atoms with Gasteiger partial charge in [0.1, 0.15) is 0 Å². The lowest BCUT2D eigenvalue weighted by Gasteiger charge is -2.12. The number of carbonyl (C=O) groups excluding carboxylic acids is 2. The molecule has 1 fully saturated rings. The summed E-state index contributed by atoms with van der Waals surface area (Å²) in [5.74, 6) is -0.251. The van der Waals surface area contributed by atoms with Crippen molar-refractivity contribution in [3.05, 3.63) is 34.7 Å². The van der Waals surface area contributed by atoms with Gasteiger partial charge in [-0.1, -0.05) is 12.1 Å². The summed E-state index contributed by atoms with van der Waals surface area (Å²) in [6, 6.07) is 7.80. The SMILES string of the molecule is COCCN1C(=O)S/C(=C/c2ccc(N(C)C)cc2)C1=O. The number of amides is 2. The molecule has 6 heteroatoms. The van der Waals surface area contributed by atoms with Gasteiger partial charge in [-0.3, -0.25) is 14.5 Å². The largest absolute Gasteiger partial charge is 0.383 e. The first-order valence-electron chi connectivity index (χ1n) is 6.54. The second-order valence-corrected chi connectivity index (χ2v) is 5.81. The highest BCUT2D eigenvalue weighted by atomic mass is 32.2. The Kier molecular flexibility index (Phi) is 5.03. The van der Waals surface area contributed by atoms with Gasteiger partial charge < -0.3 is 9.64 Å². The Morgan fingerprint density at radius 3 is 2.48 bits per heavy atom. The van der Waals surface area contributed by atoms with Crippen LogP contribution in [0.5, 0.6) is 0 Å². The summed E-state index contributed by atoms with van der Waals surface area (Å²) in [7, 11) is 5.48. The number of thioether (sulfide) groups is 1. The topological polar surface area (TPSA) is 49.9 Å². The number of hydrogen-bond donors (Lipinski definition) is 0. The molecule has 1 heterocycles. The third kappa shape index (κ3) is 3.65. The van der Waals surface area contributed by atoms with Gasteiger partial charge in [0.15, 0.2) is 0 Å². The molecule has 0 saturated carbocycles. The van der Waals surface area contributed by atoms with Crippen molar-refractivity contribution in [3.8, 4) is 0 Å². The smallest absolute Gasteiger partial charge is 0.293 e. The van der Waals surface area contributed by atoms with Crippen molar-refractivity contribution in [3.63, 3.8) is 0 Å². The van der Waals surface area contributed by atoms with Crippen LogP contribution in [0.2, 0.25) is 0 Å². The highest BCUT2D eigenvalue weighted by Crippen LogP contribution is 2.32. The predicted molar refractivity (Wildman–Crippen MR) is 85.3 cm³/mol. The van der Waals surface area contributed by atoms with Crippen molar-refractivity contribution in [2.24, 2.45) is 0 Å². The summed E-state index contributed by atoms with van der Waals surface area (Å²) in [5.41, 5.74) is 1.98. The summed E-state index contributed by atoms with van der Waals surface area (Å²) in [5, 5.41) is -0.242. The molecule has 0 spiro atoms. The van der Waals surface area contributed by atoms with E-state index in [0.717, 1.165) is 23.0 Å². The molecule has 1 aromatic carbocycles. The van der Waals surface area contributed by atoms with Gasteiger partial charge in [-0.05, 0) is 35.5 Å². The van der Waals surface area contributed by atoms with Crippen LogP contribution in [0.4, 0.5) is 10.5 Å². The van der Waals surface area contributed by atoms with E-state index < -0.39 is 0 Å². The molecule has 1 aliphatic rings. The predicted octanol–water partition coefficient (Wildman–Crippen LogP) is 2.44. The Morgan fingerprint density at radius 1 is 1.24 bits per heavy atom. The molecule has 0 unspecified atom stereocenters. The van der Waals surface area contributed by atoms with Gasteiger partial charge in [0.2, 0.25) is 0 Å². The van der Waals surface area contributed by atoms with Crippen LogP contribution in [-0.2, 0) is 9.53 Å². The fourth-order valence-electron chi connectivity index (χ4n) is 1.90. The molecule has 0 radical (unpaired) electrons. The van der Waals surface area contributed by atoms with E-state index in [1.165, 1.54) is 4.90 Å². The molecule has 5 nitrogen and oxygen atoms in total. The number of anilines is 1. The molecule has 0 N–H and O–H groups in total. The number of methoxy groups -OCH3 is 1. The average Bonchev–Trinajstić information content (AvgIpc) is 2.72. The van der Waals surface area contributed by atoms with E-state index in [4.69, 9.17) is 4.74 Å². The number of hydrogen-bond acceptors (Lipinski definition) is 5. The van der Waals surface area contributed by atoms with Gasteiger partial charge in [0.25, 0.3) is 11.1 Å². The second kappa shape index (κ2) is 6.78. The maximum atomic E-state index is 12.2. The molecule has 1 aromatic rings. The van der Waals surface area contributed by atoms with Crippen molar-refractivity contribution in [2.75, 3.05) is 39.3 Å². The van der Waals surface area contributed by atoms with Crippen LogP contribution in [0.3, 0.4) is 0 Å². The summed E-state index contributed by atoms with van der Waals surface area (Å²) in [4.78, 5) is 27.6. The number of carbonyl (C=O) groups is 2. The normalized spacial score (nSPS) is 16.9. The second-order valence-electron chi connectivity index (χ2n) is 4.81. The maximum absolute atomic E-state index is 12.2. The van der Waals surface area contributed by atoms with E-state index in [-0.39, 0.29) is 17.7 Å². The first-order chi connectivity index (χ1) is 10.0. The fraction of sp³-hybridized carbons (Fsp3) is 0.333. The Balaban J connectivity index is 2.14. The van der Waals surface area contributed by atoms with Crippen LogP contribution < -0.4 is 4.90 Å². The first kappa shape index (κ1) is 15.6. The van der Waals surface area contributed by atoms with E-state index in [9.17, 15) is 9.59 Å². The highest BCUT2D eigenvalue weighted by Gasteiger charge is 2.34. The quantitative estimate of drug-likeness (QED) is 0.782. The standard InChI is InChI=1S/C15H18N2O3S/c1-16(2)12-6-4-11(5-7-12)10-13-14(18)17(8-9-20-3)15(19)21-13/h4-7,10H,8-9H2,1-3H3/b13-10+. The zero-order valence-electron chi connectivity index (χ0n) is 12.3. The zero-order valence-corrected chi connectivity index (χ0v) is 13.1. The Bertz CT molecular complexity index is 567. The average molecular weight is 306 g/mol. The molecule has 1 aliphatic heterocycles. The van der Waals surface area contributed by atoms with E-state index in [0.29, 0.717) is 11.5 Å². The Morgan fingerprint density at radius 2 is 1.90 bits per heavy atom. The van der Waals surface area contributed by atoms with Gasteiger partial charge >= 0.3 is 0 Å². The monoisotopic (exact) mass is 306 g/mol. The fourth-order valence-corrected chi connectivity index (χ4v) is 2.76. The number of rotatable bonds is 5. The van der Waals surface area contributed by atoms with Gasteiger partial charge in [0.05, 0.1) is 18.1 Å². The van der Waals surface area contributed by atoms with E-state index in [2.05, 4.69) is 0 Å². The minimum atomic E-state index is -0.251. The Labute approximate surface area is 128 Å². The first-order valence-corrected chi connectivity index (χ1v) is 7.36. The molecule has 0 aromatic heterocycles. The van der Waals surface area contributed by atoms with Crippen LogP contribution in [0, 0.1) is 0 Å². The van der Waals surface area contributed by atoms with Gasteiger partial charge in [-0.25, -0.2) is 0 Å². The molecule has 2 rings (SSSR count). The van der Waals surface area contributed by atoms with Crippen LogP contribution in [0.15, 0.2) is 29.2 Å². The van der Waals surface area contributed by atoms with Crippen LogP contribution in [0.1, 0.15) is 5.56 Å². The van der Waals surface area contributed by atoms with Crippen LogP contribution >= 0.6 is 11.8 Å². The van der Waals surface area contributed by atoms with Crippen molar-refractivity contribution >= 4 is 34.7 Å². The summed E-state index contributed by atoms with van der Waals surface area (Å²) >= 11 is 0.970. The minimum absolute atomic E-state index is 0.242. The Hall–Kier alpha value is -1.79. The van der Waals surface area contributed by atoms with Gasteiger partial charge in [-0.15, -0.1) is 0 Å². The molecule has 0 aliphatic carbocycles. The third-order valence-electron chi connectivity index (χ3n) is 3.10. The molecule has 112 valence electrons. The van der Waals surface area contributed by atoms with Crippen molar-refractivity contribution in [1.82, 2.24) is 4.90 Å². The molecular weight excluding hydrogens is 288 g/mol. The summed E-state index contributed by atoms with van der Waals surface area (Å²) < 4.78 is 4.91. The number of nitrogens with zero attached hydrogens (tertiary/aromatic N) is 2. The van der Waals surface area contributed by atoms with E-state index in [1.807, 2.05) is 43.3 Å². The van der Waals surface area contributed by atoms with Crippen LogP contribution in [-0.4, -0.2) is 50.4 Å². The maximum Gasteiger partial charge on any atom is 0.293 e. The lowest BCUT2D eigenvalue weighted by Crippen LogP contribution is -2.31. The highest BCUT2D eigenvalue weighted by molar-refractivity contribution is 8.18. The molecule has 21 heavy (non-hydrogen) atoms. The van der Waals surface area contributed by atoms with Gasteiger partial charge in [0, 0.05) is 26.9 Å². The number of ether oxygens (including phenoxy) is 1. The van der Waals surface area contributed by atoms with Crippen molar-refractivity contribution < 1.29 is 14.3 Å². The summed E-state index contributed by atoms with van der Waals surface area (Å²) in [6.45, 7) is 0.640. The summed E-state index contributed by atoms with van der Waals surface area (Å²) in [6.07, 6.45) is 1.75. The van der Waals surface area contributed by atoms with Gasteiger partial charge in [-0.2, -0.15) is 0 Å². The molecule has 0 bridgehead atoms. The zero-order chi connectivity index (χ0) is 15.4. The lowest BCUT2D eigenvalue weighted by molar-refractivity contribution is -0.123. The molecule has 0 atom stereocenters. The van der Waals surface area contributed by atoms with E-state index in [1.54, 1.807) is 13.2 Å². The lowest BCUT2D eigenvalue weighted by atomic mass is 10.2. The number of imide groups is 1. The van der Waals surface area contributed by atoms with Crippen LogP contribution in [0.25, 0.3) is 6.08 Å². The third-order valence-corrected chi connectivity index (χ3v) is 4.01. The molecule has 1 saturated heterocycles. The molecular formula is C15H18N2O3S. The molecule has 2 amide bonds. The van der Waals surface area contributed by atoms with E-state index >= 15 is 0 Å². The van der Waals surface area contributed by atoms with Crippen molar-refractivity contribution in [1.29, 1.82) is 0 Å². The number of benzene rings is 1. The van der Waals surface area contributed by atoms with Crippen molar-refractivity contribution in [2.45, 2.75) is 0 Å². The minimum Gasteiger partial charge on any atom is -0.383 e.